The van der Waals surface area contributed by atoms with Crippen LogP contribution in [0.5, 0.6) is 0 Å². The zero-order valence-electron chi connectivity index (χ0n) is 13.5. The Labute approximate surface area is 138 Å². The fourth-order valence-electron chi connectivity index (χ4n) is 3.51. The average molecular weight is 336 g/mol. The molecule has 1 N–H and O–H groups in total. The molecule has 1 aliphatic heterocycles. The van der Waals surface area contributed by atoms with Gasteiger partial charge in [-0.25, -0.2) is 8.42 Å². The van der Waals surface area contributed by atoms with E-state index in [2.05, 4.69) is 12.2 Å². The average Bonchev–Trinajstić information content (AvgIpc) is 2.89. The van der Waals surface area contributed by atoms with Crippen molar-refractivity contribution in [1.82, 2.24) is 5.32 Å². The smallest absolute Gasteiger partial charge is 0.251 e. The maximum absolute atomic E-state index is 12.5. The molecule has 0 aromatic heterocycles. The molecule has 1 saturated heterocycles. The van der Waals surface area contributed by atoms with Gasteiger partial charge in [0.15, 0.2) is 0 Å². The molecule has 1 saturated carbocycles. The van der Waals surface area contributed by atoms with Gasteiger partial charge >= 0.3 is 0 Å². The second kappa shape index (κ2) is 6.51. The van der Waals surface area contributed by atoms with Crippen LogP contribution in [-0.4, -0.2) is 32.7 Å². The minimum atomic E-state index is -3.22. The highest BCUT2D eigenvalue weighted by atomic mass is 32.2. The van der Waals surface area contributed by atoms with Crippen LogP contribution in [0.1, 0.15) is 49.4 Å². The molecule has 2 fully saturated rings. The van der Waals surface area contributed by atoms with Crippen molar-refractivity contribution >= 4 is 21.6 Å². The number of carbonyl (C=O) groups is 1. The second-order valence-corrected chi connectivity index (χ2v) is 8.65. The Balaban J connectivity index is 1.75. The van der Waals surface area contributed by atoms with E-state index in [0.29, 0.717) is 30.1 Å². The first-order chi connectivity index (χ1) is 11.0. The Kier molecular flexibility index (Phi) is 4.62. The number of hydrogen-bond acceptors (Lipinski definition) is 3. The van der Waals surface area contributed by atoms with Crippen LogP contribution in [0.3, 0.4) is 0 Å². The molecular weight excluding hydrogens is 312 g/mol. The van der Waals surface area contributed by atoms with E-state index in [0.717, 1.165) is 19.3 Å². The summed E-state index contributed by atoms with van der Waals surface area (Å²) in [5.41, 5.74) is 1.12. The first-order valence-corrected chi connectivity index (χ1v) is 9.99. The van der Waals surface area contributed by atoms with Gasteiger partial charge in [-0.1, -0.05) is 25.8 Å². The summed E-state index contributed by atoms with van der Waals surface area (Å²) < 4.78 is 25.5. The van der Waals surface area contributed by atoms with Crippen LogP contribution in [-0.2, 0) is 10.0 Å². The molecule has 0 bridgehead atoms. The summed E-state index contributed by atoms with van der Waals surface area (Å²) in [5, 5.41) is 3.12. The van der Waals surface area contributed by atoms with Crippen LogP contribution in [0.2, 0.25) is 0 Å². The molecular formula is C17H24N2O3S. The lowest BCUT2D eigenvalue weighted by molar-refractivity contribution is 0.0910. The number of rotatable bonds is 3. The third-order valence-corrected chi connectivity index (χ3v) is 6.79. The van der Waals surface area contributed by atoms with Gasteiger partial charge in [0.25, 0.3) is 5.91 Å². The highest BCUT2D eigenvalue weighted by Gasteiger charge is 2.29. The number of amides is 1. The SMILES string of the molecule is CC1CCCCC1NC(=O)c1cccc(N2CCCS2(=O)=O)c1. The first-order valence-electron chi connectivity index (χ1n) is 8.39. The van der Waals surface area contributed by atoms with Crippen LogP contribution in [0.15, 0.2) is 24.3 Å². The van der Waals surface area contributed by atoms with Crippen molar-refractivity contribution < 1.29 is 13.2 Å². The fraction of sp³-hybridized carbons (Fsp3) is 0.588. The third-order valence-electron chi connectivity index (χ3n) is 4.92. The maximum atomic E-state index is 12.5. The summed E-state index contributed by atoms with van der Waals surface area (Å²) in [7, 11) is -3.22. The minimum absolute atomic E-state index is 0.109. The number of benzene rings is 1. The molecule has 0 spiro atoms. The Morgan fingerprint density at radius 2 is 2.00 bits per heavy atom. The topological polar surface area (TPSA) is 66.5 Å². The predicted molar refractivity (Wildman–Crippen MR) is 91.1 cm³/mol. The number of carbonyl (C=O) groups excluding carboxylic acids is 1. The first kappa shape index (κ1) is 16.3. The van der Waals surface area contributed by atoms with E-state index in [4.69, 9.17) is 0 Å². The zero-order chi connectivity index (χ0) is 16.4. The lowest BCUT2D eigenvalue weighted by Crippen LogP contribution is -2.41. The van der Waals surface area contributed by atoms with Crippen LogP contribution in [0, 0.1) is 5.92 Å². The van der Waals surface area contributed by atoms with Gasteiger partial charge in [0.1, 0.15) is 0 Å². The van der Waals surface area contributed by atoms with E-state index >= 15 is 0 Å². The number of sulfonamides is 1. The monoisotopic (exact) mass is 336 g/mol. The summed E-state index contributed by atoms with van der Waals surface area (Å²) in [6.45, 7) is 2.67. The summed E-state index contributed by atoms with van der Waals surface area (Å²) in [6.07, 6.45) is 5.19. The van der Waals surface area contributed by atoms with E-state index in [-0.39, 0.29) is 17.7 Å². The van der Waals surface area contributed by atoms with E-state index in [1.807, 2.05) is 0 Å². The van der Waals surface area contributed by atoms with Gasteiger partial charge < -0.3 is 5.32 Å². The van der Waals surface area contributed by atoms with Crippen molar-refractivity contribution in [3.05, 3.63) is 29.8 Å². The van der Waals surface area contributed by atoms with Crippen molar-refractivity contribution in [3.63, 3.8) is 0 Å². The zero-order valence-corrected chi connectivity index (χ0v) is 14.3. The molecule has 126 valence electrons. The second-order valence-electron chi connectivity index (χ2n) is 6.63. The molecule has 2 atom stereocenters. The highest BCUT2D eigenvalue weighted by molar-refractivity contribution is 7.93. The molecule has 2 unspecified atom stereocenters. The van der Waals surface area contributed by atoms with E-state index in [9.17, 15) is 13.2 Å². The van der Waals surface area contributed by atoms with Gasteiger partial charge in [-0.2, -0.15) is 0 Å². The van der Waals surface area contributed by atoms with Crippen LogP contribution in [0.4, 0.5) is 5.69 Å². The molecule has 0 radical (unpaired) electrons. The molecule has 6 heteroatoms. The van der Waals surface area contributed by atoms with Crippen LogP contribution in [0.25, 0.3) is 0 Å². The standard InChI is InChI=1S/C17H24N2O3S/c1-13-6-2-3-9-16(13)18-17(20)14-7-4-8-15(12-14)19-10-5-11-23(19,21)22/h4,7-8,12-13,16H,2-3,5-6,9-11H2,1H3,(H,18,20). The Morgan fingerprint density at radius 1 is 1.22 bits per heavy atom. The summed E-state index contributed by atoms with van der Waals surface area (Å²) >= 11 is 0. The quantitative estimate of drug-likeness (QED) is 0.922. The predicted octanol–water partition coefficient (Wildman–Crippen LogP) is 2.54. The van der Waals surface area contributed by atoms with Crippen molar-refractivity contribution in [3.8, 4) is 0 Å². The molecule has 1 aliphatic carbocycles. The Bertz CT molecular complexity index is 687. The van der Waals surface area contributed by atoms with Crippen molar-refractivity contribution in [1.29, 1.82) is 0 Å². The summed E-state index contributed by atoms with van der Waals surface area (Å²) in [5.74, 6) is 0.570. The Morgan fingerprint density at radius 3 is 2.70 bits per heavy atom. The Hall–Kier alpha value is -1.56. The van der Waals surface area contributed by atoms with E-state index in [1.165, 1.54) is 10.7 Å². The normalized spacial score (nSPS) is 26.9. The molecule has 1 aromatic rings. The van der Waals surface area contributed by atoms with Crippen molar-refractivity contribution in [2.45, 2.75) is 45.1 Å². The van der Waals surface area contributed by atoms with E-state index < -0.39 is 10.0 Å². The molecule has 2 aliphatic rings. The molecule has 1 heterocycles. The van der Waals surface area contributed by atoms with Gasteiger partial charge in [0, 0.05) is 18.2 Å². The summed E-state index contributed by atoms with van der Waals surface area (Å²) in [6, 6.07) is 7.15. The van der Waals surface area contributed by atoms with Crippen molar-refractivity contribution in [2.24, 2.45) is 5.92 Å². The number of nitrogens with one attached hydrogen (secondary N) is 1. The lowest BCUT2D eigenvalue weighted by atomic mass is 9.86. The molecule has 5 nitrogen and oxygen atoms in total. The fourth-order valence-corrected chi connectivity index (χ4v) is 5.07. The highest BCUT2D eigenvalue weighted by Crippen LogP contribution is 2.26. The summed E-state index contributed by atoms with van der Waals surface area (Å²) in [4.78, 5) is 12.5. The third kappa shape index (κ3) is 3.52. The van der Waals surface area contributed by atoms with Gasteiger partial charge in [-0.15, -0.1) is 0 Å². The number of hydrogen-bond donors (Lipinski definition) is 1. The largest absolute Gasteiger partial charge is 0.349 e. The van der Waals surface area contributed by atoms with Crippen LogP contribution < -0.4 is 9.62 Å². The number of nitrogens with zero attached hydrogens (tertiary/aromatic N) is 1. The van der Waals surface area contributed by atoms with Gasteiger partial charge in [0.2, 0.25) is 10.0 Å². The molecule has 23 heavy (non-hydrogen) atoms. The van der Waals surface area contributed by atoms with Gasteiger partial charge in [-0.05, 0) is 43.4 Å². The van der Waals surface area contributed by atoms with Gasteiger partial charge in [0.05, 0.1) is 11.4 Å². The lowest BCUT2D eigenvalue weighted by Gasteiger charge is -2.29. The molecule has 1 aromatic carbocycles. The molecule has 1 amide bonds. The maximum Gasteiger partial charge on any atom is 0.251 e. The minimum Gasteiger partial charge on any atom is -0.349 e. The number of anilines is 1. The van der Waals surface area contributed by atoms with Gasteiger partial charge in [-0.3, -0.25) is 9.10 Å². The van der Waals surface area contributed by atoms with E-state index in [1.54, 1.807) is 24.3 Å². The van der Waals surface area contributed by atoms with Crippen LogP contribution >= 0.6 is 0 Å². The molecule has 3 rings (SSSR count). The van der Waals surface area contributed by atoms with Crippen molar-refractivity contribution in [2.75, 3.05) is 16.6 Å².